The van der Waals surface area contributed by atoms with Crippen molar-refractivity contribution < 1.29 is 19.4 Å². The number of nitrogens with zero attached hydrogens (tertiary/aromatic N) is 2. The van der Waals surface area contributed by atoms with Crippen LogP contribution in [0.15, 0.2) is 18.2 Å². The van der Waals surface area contributed by atoms with Crippen molar-refractivity contribution in [3.8, 4) is 5.75 Å². The van der Waals surface area contributed by atoms with Gasteiger partial charge in [0, 0.05) is 29.5 Å². The minimum atomic E-state index is -0.927. The number of hydrogen-bond donors (Lipinski definition) is 0. The minimum absolute atomic E-state index is 0.0141. The standard InChI is InChI=1S/C18H22N2O4/c1-19-12-7-10(18(21)22)16(19)11-6-9-4-3-5-14(23-2)15(9)13-8-24-17(12)20(11)13/h3-5,10-13,16-17H,6-8H2,1-2H3,(H,21,22)/p-1/t10-,11+,12+,13+,16-,17-/m1/s1. The van der Waals surface area contributed by atoms with E-state index >= 15 is 0 Å². The lowest BCUT2D eigenvalue weighted by molar-refractivity contribution is -0.312. The van der Waals surface area contributed by atoms with Crippen LogP contribution in [0.2, 0.25) is 0 Å². The summed E-state index contributed by atoms with van der Waals surface area (Å²) in [5.41, 5.74) is 2.47. The van der Waals surface area contributed by atoms with Crippen molar-refractivity contribution in [3.63, 3.8) is 0 Å². The first-order valence-electron chi connectivity index (χ1n) is 8.59. The molecule has 0 amide bonds. The molecule has 24 heavy (non-hydrogen) atoms. The molecule has 0 aliphatic carbocycles. The summed E-state index contributed by atoms with van der Waals surface area (Å²) < 4.78 is 11.8. The SMILES string of the molecule is COc1cccc2c1[C@@H]1CO[C@@H]3[C@@H]4C[C@@H](C(=O)[O-])[C@H]([C@H](C2)N31)N4C. The lowest BCUT2D eigenvalue weighted by Crippen LogP contribution is -2.65. The second-order valence-corrected chi connectivity index (χ2v) is 7.38. The van der Waals surface area contributed by atoms with Crippen LogP contribution < -0.4 is 9.84 Å². The van der Waals surface area contributed by atoms with Gasteiger partial charge in [-0.1, -0.05) is 12.1 Å². The van der Waals surface area contributed by atoms with Crippen LogP contribution in [0.5, 0.6) is 5.75 Å². The molecule has 0 aromatic heterocycles. The largest absolute Gasteiger partial charge is 0.550 e. The van der Waals surface area contributed by atoms with Crippen LogP contribution in [0.1, 0.15) is 23.6 Å². The van der Waals surface area contributed by atoms with Gasteiger partial charge in [0.2, 0.25) is 0 Å². The second kappa shape index (κ2) is 4.94. The number of carbonyl (C=O) groups excluding carboxylic acids is 1. The Hall–Kier alpha value is -1.63. The number of rotatable bonds is 2. The van der Waals surface area contributed by atoms with E-state index in [1.165, 1.54) is 11.1 Å². The lowest BCUT2D eigenvalue weighted by atomic mass is 9.82. The summed E-state index contributed by atoms with van der Waals surface area (Å²) in [6.07, 6.45) is 1.40. The molecule has 1 aromatic carbocycles. The first-order chi connectivity index (χ1) is 11.6. The Kier molecular flexibility index (Phi) is 3.02. The predicted molar refractivity (Wildman–Crippen MR) is 83.3 cm³/mol. The van der Waals surface area contributed by atoms with Crippen molar-refractivity contribution in [2.45, 2.75) is 43.2 Å². The molecule has 0 unspecified atom stereocenters. The van der Waals surface area contributed by atoms with E-state index in [1.807, 2.05) is 19.2 Å². The molecule has 5 rings (SSSR count). The van der Waals surface area contributed by atoms with E-state index < -0.39 is 11.9 Å². The number of fused-ring (bicyclic) bond motifs is 6. The van der Waals surface area contributed by atoms with Gasteiger partial charge in [-0.15, -0.1) is 0 Å². The van der Waals surface area contributed by atoms with Crippen LogP contribution >= 0.6 is 0 Å². The molecule has 2 bridgehead atoms. The molecule has 0 N–H and O–H groups in total. The van der Waals surface area contributed by atoms with E-state index in [9.17, 15) is 9.90 Å². The van der Waals surface area contributed by atoms with E-state index in [1.54, 1.807) is 7.11 Å². The highest BCUT2D eigenvalue weighted by Crippen LogP contribution is 2.52. The van der Waals surface area contributed by atoms with Gasteiger partial charge in [-0.05, 0) is 31.5 Å². The normalized spacial score (nSPS) is 40.2. The van der Waals surface area contributed by atoms with Gasteiger partial charge in [0.05, 0.1) is 25.8 Å². The third-order valence-electron chi connectivity index (χ3n) is 6.53. The Morgan fingerprint density at radius 2 is 2.21 bits per heavy atom. The Morgan fingerprint density at radius 3 is 2.96 bits per heavy atom. The molecule has 4 aliphatic heterocycles. The van der Waals surface area contributed by atoms with Gasteiger partial charge in [0.25, 0.3) is 0 Å². The second-order valence-electron chi connectivity index (χ2n) is 7.38. The van der Waals surface area contributed by atoms with Crippen molar-refractivity contribution in [2.75, 3.05) is 20.8 Å². The number of carboxylic acids is 1. The van der Waals surface area contributed by atoms with Crippen LogP contribution in [0.4, 0.5) is 0 Å². The number of hydrogen-bond acceptors (Lipinski definition) is 6. The van der Waals surface area contributed by atoms with Gasteiger partial charge in [0.15, 0.2) is 0 Å². The monoisotopic (exact) mass is 329 g/mol. The summed E-state index contributed by atoms with van der Waals surface area (Å²) >= 11 is 0. The predicted octanol–water partition coefficient (Wildman–Crippen LogP) is -0.228. The third kappa shape index (κ3) is 1.68. The zero-order valence-electron chi connectivity index (χ0n) is 13.8. The summed E-state index contributed by atoms with van der Waals surface area (Å²) in [5.74, 6) is -0.446. The molecule has 0 saturated carbocycles. The average molecular weight is 329 g/mol. The average Bonchev–Trinajstić information content (AvgIpc) is 3.10. The molecule has 0 spiro atoms. The van der Waals surface area contributed by atoms with Crippen molar-refractivity contribution in [1.82, 2.24) is 9.80 Å². The summed E-state index contributed by atoms with van der Waals surface area (Å²) in [6.45, 7) is 0.640. The highest BCUT2D eigenvalue weighted by molar-refractivity contribution is 5.70. The number of benzene rings is 1. The highest BCUT2D eigenvalue weighted by Gasteiger charge is 2.60. The van der Waals surface area contributed by atoms with Gasteiger partial charge < -0.3 is 19.4 Å². The van der Waals surface area contributed by atoms with Crippen LogP contribution in [-0.4, -0.2) is 60.9 Å². The van der Waals surface area contributed by atoms with Gasteiger partial charge in [-0.2, -0.15) is 0 Å². The third-order valence-corrected chi connectivity index (χ3v) is 6.53. The number of ether oxygens (including phenoxy) is 2. The Bertz CT molecular complexity index is 708. The van der Waals surface area contributed by atoms with Crippen LogP contribution in [0, 0.1) is 5.92 Å². The van der Waals surface area contributed by atoms with Gasteiger partial charge >= 0.3 is 0 Å². The van der Waals surface area contributed by atoms with Crippen LogP contribution in [0.25, 0.3) is 0 Å². The summed E-state index contributed by atoms with van der Waals surface area (Å²) in [7, 11) is 3.74. The van der Waals surface area contributed by atoms with E-state index in [2.05, 4.69) is 15.9 Å². The lowest BCUT2D eigenvalue weighted by Gasteiger charge is -2.51. The maximum Gasteiger partial charge on any atom is 0.127 e. The zero-order chi connectivity index (χ0) is 16.6. The molecular formula is C18H21N2O4-. The van der Waals surface area contributed by atoms with Gasteiger partial charge in [0.1, 0.15) is 12.0 Å². The van der Waals surface area contributed by atoms with Crippen molar-refractivity contribution in [3.05, 3.63) is 29.3 Å². The smallest absolute Gasteiger partial charge is 0.127 e. The molecule has 128 valence electrons. The molecule has 4 aliphatic rings. The summed E-state index contributed by atoms with van der Waals surface area (Å²) in [5, 5.41) is 11.7. The molecule has 3 saturated heterocycles. The van der Waals surface area contributed by atoms with Gasteiger partial charge in [-0.3, -0.25) is 9.80 Å². The van der Waals surface area contributed by atoms with E-state index in [-0.39, 0.29) is 30.4 Å². The molecule has 6 atom stereocenters. The van der Waals surface area contributed by atoms with Crippen LogP contribution in [0.3, 0.4) is 0 Å². The molecule has 6 heteroatoms. The number of carbonyl (C=O) groups is 1. The number of aliphatic carboxylic acids is 1. The quantitative estimate of drug-likeness (QED) is 0.747. The minimum Gasteiger partial charge on any atom is -0.550 e. The molecule has 1 aromatic rings. The molecule has 3 fully saturated rings. The maximum absolute atomic E-state index is 11.7. The number of methoxy groups -OCH3 is 1. The first-order valence-corrected chi connectivity index (χ1v) is 8.59. The maximum atomic E-state index is 11.7. The molecule has 6 nitrogen and oxygen atoms in total. The van der Waals surface area contributed by atoms with Crippen molar-refractivity contribution >= 4 is 5.97 Å². The fourth-order valence-corrected chi connectivity index (χ4v) is 5.62. The van der Waals surface area contributed by atoms with Crippen molar-refractivity contribution in [1.29, 1.82) is 0 Å². The fraction of sp³-hybridized carbons (Fsp3) is 0.611. The number of carboxylic acid groups (broad SMARTS) is 1. The molecule has 4 heterocycles. The van der Waals surface area contributed by atoms with E-state index in [0.717, 1.165) is 12.2 Å². The first kappa shape index (κ1) is 14.7. The molecular weight excluding hydrogens is 308 g/mol. The topological polar surface area (TPSA) is 65.1 Å². The van der Waals surface area contributed by atoms with E-state index in [4.69, 9.17) is 9.47 Å². The highest BCUT2D eigenvalue weighted by atomic mass is 16.5. The molecule has 0 radical (unpaired) electrons. The number of likely N-dealkylation sites (N-methyl/N-ethyl adjacent to an activating group) is 1. The number of piperazine rings is 1. The van der Waals surface area contributed by atoms with Crippen LogP contribution in [-0.2, 0) is 16.0 Å². The Morgan fingerprint density at radius 1 is 1.38 bits per heavy atom. The Balaban J connectivity index is 1.64. The van der Waals surface area contributed by atoms with Crippen molar-refractivity contribution in [2.24, 2.45) is 5.92 Å². The fourth-order valence-electron chi connectivity index (χ4n) is 5.62. The summed E-state index contributed by atoms with van der Waals surface area (Å²) in [4.78, 5) is 16.3. The zero-order valence-corrected chi connectivity index (χ0v) is 13.8. The van der Waals surface area contributed by atoms with Gasteiger partial charge in [-0.25, -0.2) is 0 Å². The Labute approximate surface area is 140 Å². The van der Waals surface area contributed by atoms with E-state index in [0.29, 0.717) is 13.0 Å². The summed E-state index contributed by atoms with van der Waals surface area (Å²) in [6, 6.07) is 6.56.